The molecule has 2 aliphatic rings. The number of nitrogens with zero attached hydrogens (tertiary/aromatic N) is 1. The Balaban J connectivity index is 1.94. The first-order valence-corrected chi connectivity index (χ1v) is 20.1. The second-order valence-electron chi connectivity index (χ2n) is 15.4. The number of unbranched alkanes of at least 4 members (excludes halogenated alkanes) is 1. The molecular formula is C40H67N9O5. The van der Waals surface area contributed by atoms with Crippen LogP contribution in [-0.2, 0) is 30.4 Å². The van der Waals surface area contributed by atoms with Gasteiger partial charge in [0.15, 0.2) is 17.5 Å². The summed E-state index contributed by atoms with van der Waals surface area (Å²) in [5, 5.41) is 8.87. The molecule has 0 radical (unpaired) electrons. The van der Waals surface area contributed by atoms with Gasteiger partial charge in [-0.25, -0.2) is 0 Å². The Labute approximate surface area is 321 Å². The number of Topliss-reactive ketones (excluding diaryl/α,β-unsaturated/α-hetero) is 2. The SMILES string of the molecule is CN[C@@H](Cc1ccccc1)C(=O)N[C@@H](CCCCN)C(=O)N[C@@H](CCCN=C(N)N)C(=O)C(C1CCCCC1)[C@](N)(C=O)C(=O)[C@H](N)CC1CCCCC1. The number of likely N-dealkylation sites (N-methyl/N-ethyl adjacent to an activating group) is 1. The molecule has 14 heteroatoms. The normalized spacial score (nSPS) is 19.3. The van der Waals surface area contributed by atoms with Crippen molar-refractivity contribution in [3.63, 3.8) is 0 Å². The molecule has 0 heterocycles. The van der Waals surface area contributed by atoms with E-state index in [1.165, 1.54) is 0 Å². The van der Waals surface area contributed by atoms with Gasteiger partial charge in [-0.15, -0.1) is 0 Å². The highest BCUT2D eigenvalue weighted by Gasteiger charge is 2.52. The molecule has 0 aromatic heterocycles. The molecule has 2 amide bonds. The minimum Gasteiger partial charge on any atom is -0.370 e. The molecule has 2 aliphatic carbocycles. The van der Waals surface area contributed by atoms with Crippen molar-refractivity contribution in [3.05, 3.63) is 35.9 Å². The maximum Gasteiger partial charge on any atom is 0.243 e. The van der Waals surface area contributed by atoms with E-state index < -0.39 is 53.1 Å². The topological polar surface area (TPSA) is 264 Å². The smallest absolute Gasteiger partial charge is 0.243 e. The van der Waals surface area contributed by atoms with E-state index >= 15 is 0 Å². The molecule has 14 nitrogen and oxygen atoms in total. The van der Waals surface area contributed by atoms with Crippen molar-refractivity contribution >= 4 is 35.6 Å². The summed E-state index contributed by atoms with van der Waals surface area (Å²) in [5.41, 5.74) is 29.0. The third-order valence-electron chi connectivity index (χ3n) is 11.3. The summed E-state index contributed by atoms with van der Waals surface area (Å²) in [6.45, 7) is 0.592. The summed E-state index contributed by atoms with van der Waals surface area (Å²) in [4.78, 5) is 74.1. The molecule has 302 valence electrons. The Morgan fingerprint density at radius 2 is 1.44 bits per heavy atom. The lowest BCUT2D eigenvalue weighted by molar-refractivity contribution is -0.143. The van der Waals surface area contributed by atoms with E-state index in [1.807, 2.05) is 30.3 Å². The Hall–Kier alpha value is -3.72. The van der Waals surface area contributed by atoms with Crippen molar-refractivity contribution in [1.29, 1.82) is 0 Å². The predicted octanol–water partition coefficient (Wildman–Crippen LogP) is 1.50. The molecule has 0 saturated heterocycles. The van der Waals surface area contributed by atoms with Gasteiger partial charge in [0.25, 0.3) is 0 Å². The van der Waals surface area contributed by atoms with Crippen molar-refractivity contribution in [2.45, 2.75) is 139 Å². The third kappa shape index (κ3) is 13.5. The Kier molecular flexibility index (Phi) is 19.2. The number of rotatable bonds is 24. The number of nitrogens with one attached hydrogen (secondary N) is 3. The van der Waals surface area contributed by atoms with Crippen molar-refractivity contribution in [3.8, 4) is 0 Å². The van der Waals surface area contributed by atoms with Gasteiger partial charge in [-0.05, 0) is 88.8 Å². The number of ketones is 2. The van der Waals surface area contributed by atoms with E-state index in [9.17, 15) is 24.0 Å². The highest BCUT2D eigenvalue weighted by Crippen LogP contribution is 2.38. The highest BCUT2D eigenvalue weighted by molar-refractivity contribution is 6.10. The fourth-order valence-corrected chi connectivity index (χ4v) is 8.31. The lowest BCUT2D eigenvalue weighted by Gasteiger charge is -2.41. The second kappa shape index (κ2) is 23.3. The van der Waals surface area contributed by atoms with Gasteiger partial charge >= 0.3 is 0 Å². The molecule has 2 fully saturated rings. The van der Waals surface area contributed by atoms with E-state index in [0.29, 0.717) is 57.8 Å². The van der Waals surface area contributed by atoms with Gasteiger partial charge in [0.1, 0.15) is 17.9 Å². The maximum atomic E-state index is 14.9. The first kappa shape index (κ1) is 44.7. The highest BCUT2D eigenvalue weighted by atomic mass is 16.2. The van der Waals surface area contributed by atoms with Crippen LogP contribution in [0.3, 0.4) is 0 Å². The molecule has 54 heavy (non-hydrogen) atoms. The first-order chi connectivity index (χ1) is 25.9. The van der Waals surface area contributed by atoms with Crippen LogP contribution in [-0.4, -0.2) is 85.5 Å². The van der Waals surface area contributed by atoms with Gasteiger partial charge in [0.2, 0.25) is 11.8 Å². The van der Waals surface area contributed by atoms with Crippen LogP contribution in [0, 0.1) is 17.8 Å². The summed E-state index contributed by atoms with van der Waals surface area (Å²) in [6, 6.07) is 5.77. The van der Waals surface area contributed by atoms with Gasteiger partial charge in [-0.3, -0.25) is 24.2 Å². The van der Waals surface area contributed by atoms with Gasteiger partial charge < -0.3 is 49.4 Å². The van der Waals surface area contributed by atoms with Gasteiger partial charge in [0, 0.05) is 6.54 Å². The quantitative estimate of drug-likeness (QED) is 0.0247. The molecule has 1 unspecified atom stereocenters. The maximum absolute atomic E-state index is 14.9. The number of hydrogen-bond acceptors (Lipinski definition) is 10. The summed E-state index contributed by atoms with van der Waals surface area (Å²) < 4.78 is 0. The first-order valence-electron chi connectivity index (χ1n) is 20.1. The molecule has 0 bridgehead atoms. The Morgan fingerprint density at radius 1 is 0.852 bits per heavy atom. The number of aliphatic imine (C=N–C) groups is 1. The zero-order valence-electron chi connectivity index (χ0n) is 32.3. The van der Waals surface area contributed by atoms with Crippen LogP contribution in [0.5, 0.6) is 0 Å². The second-order valence-corrected chi connectivity index (χ2v) is 15.4. The lowest BCUT2D eigenvalue weighted by atomic mass is 9.65. The number of guanidine groups is 1. The molecule has 1 aromatic rings. The number of nitrogens with two attached hydrogens (primary N) is 5. The van der Waals surface area contributed by atoms with E-state index in [4.69, 9.17) is 28.7 Å². The molecular weight excluding hydrogens is 686 g/mol. The zero-order valence-corrected chi connectivity index (χ0v) is 32.3. The Morgan fingerprint density at radius 3 is 2.04 bits per heavy atom. The van der Waals surface area contributed by atoms with Crippen LogP contribution >= 0.6 is 0 Å². The van der Waals surface area contributed by atoms with E-state index in [-0.39, 0.29) is 43.1 Å². The average Bonchev–Trinajstić information content (AvgIpc) is 3.18. The van der Waals surface area contributed by atoms with Crippen LogP contribution < -0.4 is 44.6 Å². The summed E-state index contributed by atoms with van der Waals surface area (Å²) in [7, 11) is 1.68. The molecule has 3 rings (SSSR count). The molecule has 0 spiro atoms. The fourth-order valence-electron chi connectivity index (χ4n) is 8.31. The third-order valence-corrected chi connectivity index (χ3v) is 11.3. The van der Waals surface area contributed by atoms with Crippen molar-refractivity contribution in [2.75, 3.05) is 20.1 Å². The van der Waals surface area contributed by atoms with Crippen molar-refractivity contribution in [2.24, 2.45) is 51.4 Å². The number of amides is 2. The van der Waals surface area contributed by atoms with Crippen LogP contribution in [0.1, 0.15) is 108 Å². The van der Waals surface area contributed by atoms with Crippen LogP contribution in [0.15, 0.2) is 35.3 Å². The van der Waals surface area contributed by atoms with Crippen molar-refractivity contribution in [1.82, 2.24) is 16.0 Å². The zero-order chi connectivity index (χ0) is 39.5. The molecule has 6 atom stereocenters. The van der Waals surface area contributed by atoms with E-state index in [2.05, 4.69) is 20.9 Å². The van der Waals surface area contributed by atoms with Crippen LogP contribution in [0.25, 0.3) is 0 Å². The molecule has 13 N–H and O–H groups in total. The van der Waals surface area contributed by atoms with Crippen LogP contribution in [0.4, 0.5) is 0 Å². The predicted molar refractivity (Wildman–Crippen MR) is 212 cm³/mol. The minimum absolute atomic E-state index is 0.110. The van der Waals surface area contributed by atoms with Gasteiger partial charge in [-0.1, -0.05) is 81.7 Å². The number of benzene rings is 1. The lowest BCUT2D eigenvalue weighted by Crippen LogP contribution is -2.66. The molecule has 1 aromatic carbocycles. The number of hydrogen-bond donors (Lipinski definition) is 8. The number of carbonyl (C=O) groups excluding carboxylic acids is 5. The van der Waals surface area contributed by atoms with E-state index in [1.54, 1.807) is 7.05 Å². The molecule has 0 aliphatic heterocycles. The summed E-state index contributed by atoms with van der Waals surface area (Å²) >= 11 is 0. The summed E-state index contributed by atoms with van der Waals surface area (Å²) in [6.07, 6.45) is 12.1. The average molecular weight is 754 g/mol. The Bertz CT molecular complexity index is 1360. The number of aldehydes is 1. The van der Waals surface area contributed by atoms with Crippen molar-refractivity contribution < 1.29 is 24.0 Å². The summed E-state index contributed by atoms with van der Waals surface area (Å²) in [5.74, 6) is -3.51. The van der Waals surface area contributed by atoms with E-state index in [0.717, 1.165) is 56.9 Å². The van der Waals surface area contributed by atoms with Gasteiger partial charge in [-0.2, -0.15) is 0 Å². The van der Waals surface area contributed by atoms with Crippen LogP contribution in [0.2, 0.25) is 0 Å². The minimum atomic E-state index is -2.18. The fraction of sp³-hybridized carbons (Fsp3) is 0.700. The largest absolute Gasteiger partial charge is 0.370 e. The number of carbonyl (C=O) groups is 5. The molecule has 2 saturated carbocycles. The monoisotopic (exact) mass is 754 g/mol. The van der Waals surface area contributed by atoms with Gasteiger partial charge in [0.05, 0.1) is 24.0 Å². The standard InChI is InChI=1S/C40H67N9O5/c1-46-33(25-28-16-7-3-8-17-28)38(54)49-32(20-11-12-22-41)37(53)48-31(21-13-23-47-39(43)44)35(51)34(29-18-9-4-10-19-29)40(45,26-50)36(52)30(42)24-27-14-5-2-6-15-27/h3,7-8,16-17,26-27,29-34,46H,2,4-6,9-15,18-25,41-42,45H2,1H3,(H,48,53)(H,49,54)(H4,43,44,47)/t30-,31+,32+,33+,34?,40-/m1/s1.